The number of carbonyl (C=O) groups is 1. The largest absolute Gasteiger partial charge is 0.497 e. The molecule has 0 bridgehead atoms. The van der Waals surface area contributed by atoms with Crippen LogP contribution >= 0.6 is 0 Å². The highest BCUT2D eigenvalue weighted by molar-refractivity contribution is 5.84. The smallest absolute Gasteiger partial charge is 0.303 e. The zero-order valence-corrected chi connectivity index (χ0v) is 21.8. The Bertz CT molecular complexity index is 1310. The number of pyridine rings is 1. The van der Waals surface area contributed by atoms with Gasteiger partial charge in [0.05, 0.1) is 19.0 Å². The molecule has 0 radical (unpaired) electrons. The Balaban J connectivity index is 1.37. The molecule has 1 aliphatic heterocycles. The molecule has 3 aromatic rings. The van der Waals surface area contributed by atoms with Crippen molar-refractivity contribution in [2.45, 2.75) is 45.2 Å². The summed E-state index contributed by atoms with van der Waals surface area (Å²) in [6.07, 6.45) is 4.81. The molecule has 1 saturated heterocycles. The number of hydrogen-bond acceptors (Lipinski definition) is 5. The Morgan fingerprint density at radius 2 is 1.92 bits per heavy atom. The second kappa shape index (κ2) is 12.6. The van der Waals surface area contributed by atoms with E-state index in [9.17, 15) is 27.5 Å². The van der Waals surface area contributed by atoms with Gasteiger partial charge < -0.3 is 14.6 Å². The van der Waals surface area contributed by atoms with Crippen molar-refractivity contribution in [2.24, 2.45) is 5.41 Å². The fourth-order valence-corrected chi connectivity index (χ4v) is 5.45. The zero-order valence-electron chi connectivity index (χ0n) is 21.8. The minimum absolute atomic E-state index is 0.0337. The van der Waals surface area contributed by atoms with E-state index in [2.05, 4.69) is 9.88 Å². The monoisotopic (exact) mass is 548 g/mol. The van der Waals surface area contributed by atoms with Gasteiger partial charge in [-0.2, -0.15) is 4.39 Å². The number of nitrogens with zero attached hydrogens (tertiary/aromatic N) is 2. The van der Waals surface area contributed by atoms with Gasteiger partial charge in [-0.3, -0.25) is 14.7 Å². The standard InChI is InChI=1S/C29H32F4N2O4/c1-38-21-4-5-25-23(15-21)22(19(17-30)18-34-25)3-2-6-29(16-27(36)37)7-9-35(10-8-29)11-12-39-26-14-20(31)13-24(32)28(26)33/h4-5,13-15,18H,2-3,6-12,16-17H2,1H3,(H,36,37). The molecule has 1 aromatic heterocycles. The number of alkyl halides is 1. The van der Waals surface area contributed by atoms with E-state index >= 15 is 0 Å². The number of likely N-dealkylation sites (tertiary alicyclic amines) is 1. The van der Waals surface area contributed by atoms with Crippen molar-refractivity contribution in [3.63, 3.8) is 0 Å². The molecule has 0 spiro atoms. The van der Waals surface area contributed by atoms with Gasteiger partial charge >= 0.3 is 5.97 Å². The lowest BCUT2D eigenvalue weighted by molar-refractivity contribution is -0.140. The van der Waals surface area contributed by atoms with Crippen LogP contribution in [0.2, 0.25) is 0 Å². The molecule has 0 amide bonds. The van der Waals surface area contributed by atoms with Crippen LogP contribution in [-0.2, 0) is 17.9 Å². The number of aromatic nitrogens is 1. The van der Waals surface area contributed by atoms with Crippen molar-refractivity contribution < 1.29 is 36.9 Å². The molecule has 1 aliphatic rings. The van der Waals surface area contributed by atoms with Gasteiger partial charge in [0.15, 0.2) is 11.6 Å². The van der Waals surface area contributed by atoms with Crippen molar-refractivity contribution in [1.82, 2.24) is 9.88 Å². The van der Waals surface area contributed by atoms with Gasteiger partial charge in [0.1, 0.15) is 24.8 Å². The Labute approximate surface area is 224 Å². The molecular formula is C29H32F4N2O4. The van der Waals surface area contributed by atoms with Crippen molar-refractivity contribution in [1.29, 1.82) is 0 Å². The summed E-state index contributed by atoms with van der Waals surface area (Å²) < 4.78 is 65.0. The number of carboxylic acid groups (broad SMARTS) is 1. The third-order valence-corrected chi connectivity index (χ3v) is 7.62. The minimum atomic E-state index is -1.31. The summed E-state index contributed by atoms with van der Waals surface area (Å²) >= 11 is 0. The first-order chi connectivity index (χ1) is 18.7. The summed E-state index contributed by atoms with van der Waals surface area (Å²) in [5.74, 6) is -4.13. The number of carboxylic acids is 1. The average molecular weight is 549 g/mol. The number of piperidine rings is 1. The summed E-state index contributed by atoms with van der Waals surface area (Å²) in [7, 11) is 1.57. The molecule has 1 fully saturated rings. The summed E-state index contributed by atoms with van der Waals surface area (Å²) in [4.78, 5) is 18.2. The first kappa shape index (κ1) is 28.6. The lowest BCUT2D eigenvalue weighted by Gasteiger charge is -2.41. The molecule has 0 saturated carbocycles. The van der Waals surface area contributed by atoms with Gasteiger partial charge in [0.25, 0.3) is 0 Å². The van der Waals surface area contributed by atoms with E-state index in [0.717, 1.165) is 22.5 Å². The molecule has 0 aliphatic carbocycles. The number of fused-ring (bicyclic) bond motifs is 1. The van der Waals surface area contributed by atoms with Gasteiger partial charge in [-0.25, -0.2) is 13.2 Å². The maximum Gasteiger partial charge on any atom is 0.303 e. The number of halogens is 4. The van der Waals surface area contributed by atoms with Crippen LogP contribution < -0.4 is 9.47 Å². The third-order valence-electron chi connectivity index (χ3n) is 7.62. The molecule has 0 atom stereocenters. The number of aryl methyl sites for hydroxylation is 1. The summed E-state index contributed by atoms with van der Waals surface area (Å²) in [6, 6.07) is 6.77. The lowest BCUT2D eigenvalue weighted by atomic mass is 9.72. The predicted octanol–water partition coefficient (Wildman–Crippen LogP) is 6.09. The number of benzene rings is 2. The van der Waals surface area contributed by atoms with E-state index in [1.807, 2.05) is 18.2 Å². The fourth-order valence-electron chi connectivity index (χ4n) is 5.45. The minimum Gasteiger partial charge on any atom is -0.497 e. The lowest BCUT2D eigenvalue weighted by Crippen LogP contribution is -2.42. The van der Waals surface area contributed by atoms with Crippen LogP contribution in [0.25, 0.3) is 10.9 Å². The second-order valence-corrected chi connectivity index (χ2v) is 10.1. The molecular weight excluding hydrogens is 516 g/mol. The second-order valence-electron chi connectivity index (χ2n) is 10.1. The third kappa shape index (κ3) is 6.98. The number of methoxy groups -OCH3 is 1. The number of ether oxygens (including phenoxy) is 2. The maximum atomic E-state index is 13.8. The van der Waals surface area contributed by atoms with Gasteiger partial charge in [-0.1, -0.05) is 0 Å². The highest BCUT2D eigenvalue weighted by Crippen LogP contribution is 2.40. The first-order valence-electron chi connectivity index (χ1n) is 13.0. The van der Waals surface area contributed by atoms with Crippen molar-refractivity contribution in [3.8, 4) is 11.5 Å². The van der Waals surface area contributed by atoms with Crippen LogP contribution in [0, 0.1) is 22.9 Å². The average Bonchev–Trinajstić information content (AvgIpc) is 2.91. The number of hydrogen-bond donors (Lipinski definition) is 1. The Morgan fingerprint density at radius 1 is 1.15 bits per heavy atom. The van der Waals surface area contributed by atoms with Crippen molar-refractivity contribution in [3.05, 3.63) is 65.1 Å². The van der Waals surface area contributed by atoms with E-state index in [1.54, 1.807) is 13.3 Å². The van der Waals surface area contributed by atoms with Crippen molar-refractivity contribution in [2.75, 3.05) is 33.4 Å². The van der Waals surface area contributed by atoms with E-state index in [1.165, 1.54) is 0 Å². The van der Waals surface area contributed by atoms with E-state index in [-0.39, 0.29) is 13.0 Å². The van der Waals surface area contributed by atoms with Gasteiger partial charge in [0, 0.05) is 35.8 Å². The Hall–Kier alpha value is -3.40. The molecule has 10 heteroatoms. The first-order valence-corrected chi connectivity index (χ1v) is 13.0. The number of rotatable bonds is 12. The van der Waals surface area contributed by atoms with E-state index < -0.39 is 41.3 Å². The molecule has 39 heavy (non-hydrogen) atoms. The molecule has 4 rings (SSSR count). The molecule has 210 valence electrons. The van der Waals surface area contributed by atoms with Gasteiger partial charge in [0.2, 0.25) is 5.82 Å². The highest BCUT2D eigenvalue weighted by atomic mass is 19.2. The van der Waals surface area contributed by atoms with E-state index in [4.69, 9.17) is 9.47 Å². The predicted molar refractivity (Wildman–Crippen MR) is 138 cm³/mol. The Morgan fingerprint density at radius 3 is 2.62 bits per heavy atom. The van der Waals surface area contributed by atoms with Gasteiger partial charge in [-0.05, 0) is 74.4 Å². The van der Waals surface area contributed by atoms with Gasteiger partial charge in [-0.15, -0.1) is 0 Å². The molecule has 6 nitrogen and oxygen atoms in total. The maximum absolute atomic E-state index is 13.8. The van der Waals surface area contributed by atoms with Crippen LogP contribution in [0.1, 0.15) is 43.2 Å². The quantitative estimate of drug-likeness (QED) is 0.218. The molecule has 2 aromatic carbocycles. The van der Waals surface area contributed by atoms with Crippen LogP contribution in [-0.4, -0.2) is 54.3 Å². The SMILES string of the molecule is COc1ccc2ncc(CF)c(CCCC3(CC(=O)O)CCN(CCOc4cc(F)cc(F)c4F)CC3)c2c1. The molecule has 2 heterocycles. The summed E-state index contributed by atoms with van der Waals surface area (Å²) in [5.41, 5.74) is 1.73. The zero-order chi connectivity index (χ0) is 28.0. The summed E-state index contributed by atoms with van der Waals surface area (Å²) in [6.45, 7) is 1.03. The molecule has 0 unspecified atom stereocenters. The molecule has 1 N–H and O–H groups in total. The van der Waals surface area contributed by atoms with E-state index in [0.29, 0.717) is 69.1 Å². The van der Waals surface area contributed by atoms with Crippen LogP contribution in [0.15, 0.2) is 36.5 Å². The van der Waals surface area contributed by atoms with Crippen LogP contribution in [0.3, 0.4) is 0 Å². The normalized spacial score (nSPS) is 15.4. The van der Waals surface area contributed by atoms with Crippen LogP contribution in [0.4, 0.5) is 17.6 Å². The fraction of sp³-hybridized carbons (Fsp3) is 0.448. The highest BCUT2D eigenvalue weighted by Gasteiger charge is 2.36. The Kier molecular flexibility index (Phi) is 9.27. The summed E-state index contributed by atoms with van der Waals surface area (Å²) in [5, 5.41) is 10.5. The number of aliphatic carboxylic acids is 1. The topological polar surface area (TPSA) is 71.9 Å². The van der Waals surface area contributed by atoms with Crippen molar-refractivity contribution >= 4 is 16.9 Å². The van der Waals surface area contributed by atoms with Crippen LogP contribution in [0.5, 0.6) is 11.5 Å².